The summed E-state index contributed by atoms with van der Waals surface area (Å²) in [6, 6.07) is 18.8. The number of hydrogen-bond acceptors (Lipinski definition) is 4. The molecule has 146 valence electrons. The van der Waals surface area contributed by atoms with Gasteiger partial charge in [-0.2, -0.15) is 0 Å². The first-order chi connectivity index (χ1) is 13.6. The number of hydrogen-bond donors (Lipinski definition) is 1. The maximum atomic E-state index is 11.4. The fourth-order valence-corrected chi connectivity index (χ4v) is 4.15. The molecule has 0 radical (unpaired) electrons. The second kappa shape index (κ2) is 8.05. The molecule has 2 atom stereocenters. The van der Waals surface area contributed by atoms with Crippen molar-refractivity contribution in [2.75, 3.05) is 13.2 Å². The number of amides is 1. The van der Waals surface area contributed by atoms with E-state index in [0.29, 0.717) is 19.1 Å². The molecular formula is C23H26N2O3. The van der Waals surface area contributed by atoms with Crippen LogP contribution >= 0.6 is 0 Å². The highest BCUT2D eigenvalue weighted by Crippen LogP contribution is 2.42. The molecule has 2 unspecified atom stereocenters. The lowest BCUT2D eigenvalue weighted by molar-refractivity contribution is 0.147. The third-order valence-corrected chi connectivity index (χ3v) is 5.78. The van der Waals surface area contributed by atoms with Gasteiger partial charge >= 0.3 is 6.09 Å². The standard InChI is InChI=1S/C23H26N2O3/c1-17(25-28-14-12-18-5-3-2-4-6-18)19-7-9-20(10-8-19)21-11-13-23(15-21)16-27-22(26)24-23/h2-10,21H,11-16H2,1H3,(H,24,26). The Morgan fingerprint density at radius 3 is 2.71 bits per heavy atom. The second-order valence-corrected chi connectivity index (χ2v) is 7.79. The van der Waals surface area contributed by atoms with Crippen LogP contribution in [0.3, 0.4) is 0 Å². The monoisotopic (exact) mass is 378 g/mol. The number of benzene rings is 2. The number of nitrogens with zero attached hydrogens (tertiary/aromatic N) is 1. The molecule has 5 heteroatoms. The minimum atomic E-state index is -0.282. The van der Waals surface area contributed by atoms with Gasteiger partial charge in [-0.15, -0.1) is 0 Å². The van der Waals surface area contributed by atoms with Crippen molar-refractivity contribution >= 4 is 11.8 Å². The lowest BCUT2D eigenvalue weighted by atomic mass is 9.92. The molecule has 4 rings (SSSR count). The van der Waals surface area contributed by atoms with Crippen LogP contribution in [0.4, 0.5) is 4.79 Å². The van der Waals surface area contributed by atoms with E-state index < -0.39 is 0 Å². The number of oxime groups is 1. The number of ether oxygens (including phenoxy) is 1. The molecular weight excluding hydrogens is 352 g/mol. The first-order valence-corrected chi connectivity index (χ1v) is 9.89. The number of nitrogens with one attached hydrogen (secondary N) is 1. The quantitative estimate of drug-likeness (QED) is 0.460. The molecule has 1 aliphatic carbocycles. The van der Waals surface area contributed by atoms with Crippen LogP contribution in [0.25, 0.3) is 0 Å². The normalized spacial score (nSPS) is 24.2. The van der Waals surface area contributed by atoms with Crippen LogP contribution in [-0.2, 0) is 16.0 Å². The van der Waals surface area contributed by atoms with Crippen LogP contribution < -0.4 is 5.32 Å². The van der Waals surface area contributed by atoms with Gasteiger partial charge in [-0.25, -0.2) is 4.79 Å². The highest BCUT2D eigenvalue weighted by molar-refractivity contribution is 5.98. The maximum absolute atomic E-state index is 11.4. The van der Waals surface area contributed by atoms with E-state index in [1.165, 1.54) is 11.1 Å². The Morgan fingerprint density at radius 1 is 1.21 bits per heavy atom. The van der Waals surface area contributed by atoms with E-state index in [-0.39, 0.29) is 11.6 Å². The van der Waals surface area contributed by atoms with Gasteiger partial charge in [-0.3, -0.25) is 0 Å². The Hall–Kier alpha value is -2.82. The molecule has 28 heavy (non-hydrogen) atoms. The average Bonchev–Trinajstić information content (AvgIpc) is 3.31. The largest absolute Gasteiger partial charge is 0.447 e. The molecule has 1 amide bonds. The third kappa shape index (κ3) is 4.19. The van der Waals surface area contributed by atoms with Crippen molar-refractivity contribution in [3.8, 4) is 0 Å². The van der Waals surface area contributed by atoms with E-state index >= 15 is 0 Å². The van der Waals surface area contributed by atoms with E-state index in [9.17, 15) is 4.79 Å². The molecule has 1 spiro atoms. The van der Waals surface area contributed by atoms with E-state index in [1.807, 2.05) is 25.1 Å². The summed E-state index contributed by atoms with van der Waals surface area (Å²) in [5.41, 5.74) is 4.33. The predicted molar refractivity (Wildman–Crippen MR) is 109 cm³/mol. The minimum Gasteiger partial charge on any atom is -0.447 e. The van der Waals surface area contributed by atoms with Crippen molar-refractivity contribution in [3.05, 3.63) is 71.3 Å². The number of cyclic esters (lactones) is 1. The van der Waals surface area contributed by atoms with Gasteiger partial charge in [0.15, 0.2) is 0 Å². The highest BCUT2D eigenvalue weighted by atomic mass is 16.6. The second-order valence-electron chi connectivity index (χ2n) is 7.79. The van der Waals surface area contributed by atoms with Crippen molar-refractivity contribution in [1.29, 1.82) is 0 Å². The zero-order chi connectivity index (χ0) is 19.4. The van der Waals surface area contributed by atoms with Crippen molar-refractivity contribution < 1.29 is 14.4 Å². The van der Waals surface area contributed by atoms with Crippen LogP contribution in [0.1, 0.15) is 48.8 Å². The van der Waals surface area contributed by atoms with E-state index in [1.54, 1.807) is 0 Å². The summed E-state index contributed by atoms with van der Waals surface area (Å²) in [7, 11) is 0. The average molecular weight is 378 g/mol. The molecule has 2 aromatic carbocycles. The van der Waals surface area contributed by atoms with Crippen molar-refractivity contribution in [2.45, 2.75) is 44.1 Å². The van der Waals surface area contributed by atoms with Crippen molar-refractivity contribution in [2.24, 2.45) is 5.16 Å². The zero-order valence-electron chi connectivity index (χ0n) is 16.2. The summed E-state index contributed by atoms with van der Waals surface area (Å²) in [4.78, 5) is 16.9. The first-order valence-electron chi connectivity index (χ1n) is 9.89. The molecule has 1 saturated carbocycles. The smallest absolute Gasteiger partial charge is 0.407 e. The van der Waals surface area contributed by atoms with Gasteiger partial charge in [0.2, 0.25) is 0 Å². The highest BCUT2D eigenvalue weighted by Gasteiger charge is 2.45. The number of carbonyl (C=O) groups excluding carboxylic acids is 1. The van der Waals surface area contributed by atoms with Crippen LogP contribution in [-0.4, -0.2) is 30.6 Å². The predicted octanol–water partition coefficient (Wildman–Crippen LogP) is 4.42. The first kappa shape index (κ1) is 18.5. The van der Waals surface area contributed by atoms with Crippen LogP contribution in [0, 0.1) is 0 Å². The fourth-order valence-electron chi connectivity index (χ4n) is 4.15. The molecule has 2 aliphatic rings. The Morgan fingerprint density at radius 2 is 2.00 bits per heavy atom. The minimum absolute atomic E-state index is 0.162. The lowest BCUT2D eigenvalue weighted by Crippen LogP contribution is -2.40. The van der Waals surface area contributed by atoms with Crippen molar-refractivity contribution in [3.63, 3.8) is 0 Å². The number of carbonyl (C=O) groups is 1. The Kier molecular flexibility index (Phi) is 5.33. The maximum Gasteiger partial charge on any atom is 0.407 e. The van der Waals surface area contributed by atoms with Gasteiger partial charge in [-0.05, 0) is 48.8 Å². The van der Waals surface area contributed by atoms with Crippen LogP contribution in [0.5, 0.6) is 0 Å². The van der Waals surface area contributed by atoms with Crippen LogP contribution in [0.2, 0.25) is 0 Å². The molecule has 5 nitrogen and oxygen atoms in total. The molecule has 2 fully saturated rings. The molecule has 0 bridgehead atoms. The molecule has 0 aromatic heterocycles. The molecule has 2 aromatic rings. The fraction of sp³-hybridized carbons (Fsp3) is 0.391. The SMILES string of the molecule is CC(=NOCCc1ccccc1)c1ccc(C2CCC3(COC(=O)N3)C2)cc1. The van der Waals surface area contributed by atoms with Gasteiger partial charge in [0.25, 0.3) is 0 Å². The van der Waals surface area contributed by atoms with Gasteiger partial charge in [-0.1, -0.05) is 59.8 Å². The van der Waals surface area contributed by atoms with E-state index in [2.05, 4.69) is 46.9 Å². The topological polar surface area (TPSA) is 59.9 Å². The Bertz CT molecular complexity index is 848. The molecule has 1 heterocycles. The number of alkyl carbamates (subject to hydrolysis) is 1. The summed E-state index contributed by atoms with van der Waals surface area (Å²) in [5.74, 6) is 0.454. The van der Waals surface area contributed by atoms with Gasteiger partial charge in [0.1, 0.15) is 13.2 Å². The van der Waals surface area contributed by atoms with Gasteiger partial charge in [0, 0.05) is 6.42 Å². The number of rotatable bonds is 6. The molecule has 1 saturated heterocycles. The summed E-state index contributed by atoms with van der Waals surface area (Å²) in [6.07, 6.45) is 3.54. The summed E-state index contributed by atoms with van der Waals surface area (Å²) >= 11 is 0. The summed E-state index contributed by atoms with van der Waals surface area (Å²) in [5, 5.41) is 7.26. The Labute approximate surface area is 165 Å². The third-order valence-electron chi connectivity index (χ3n) is 5.78. The lowest BCUT2D eigenvalue weighted by Gasteiger charge is -2.20. The van der Waals surface area contributed by atoms with Gasteiger partial charge in [0.05, 0.1) is 11.3 Å². The summed E-state index contributed by atoms with van der Waals surface area (Å²) in [6.45, 7) is 3.03. The zero-order valence-corrected chi connectivity index (χ0v) is 16.2. The molecule has 1 N–H and O–H groups in total. The molecule has 1 aliphatic heterocycles. The van der Waals surface area contributed by atoms with Crippen molar-refractivity contribution in [1.82, 2.24) is 5.32 Å². The van der Waals surface area contributed by atoms with Crippen LogP contribution in [0.15, 0.2) is 59.8 Å². The van der Waals surface area contributed by atoms with Gasteiger partial charge < -0.3 is 14.9 Å². The van der Waals surface area contributed by atoms with E-state index in [0.717, 1.165) is 37.0 Å². The Balaban J connectivity index is 1.31. The summed E-state index contributed by atoms with van der Waals surface area (Å²) < 4.78 is 5.12. The van der Waals surface area contributed by atoms with E-state index in [4.69, 9.17) is 9.57 Å².